The van der Waals surface area contributed by atoms with Crippen molar-refractivity contribution in [1.82, 2.24) is 5.32 Å². The number of benzene rings is 1. The summed E-state index contributed by atoms with van der Waals surface area (Å²) in [5.74, 6) is -0.292. The van der Waals surface area contributed by atoms with Crippen LogP contribution in [0.5, 0.6) is 0 Å². The van der Waals surface area contributed by atoms with Gasteiger partial charge in [0.1, 0.15) is 5.82 Å². The van der Waals surface area contributed by atoms with Crippen molar-refractivity contribution in [3.8, 4) is 0 Å². The zero-order chi connectivity index (χ0) is 9.14. The largest absolute Gasteiger partial charge is 0.313 e. The van der Waals surface area contributed by atoms with Gasteiger partial charge in [-0.2, -0.15) is 0 Å². The van der Waals surface area contributed by atoms with Crippen molar-refractivity contribution in [1.29, 1.82) is 0 Å². The normalized spacial score (nSPS) is 13.0. The summed E-state index contributed by atoms with van der Waals surface area (Å²) in [5.41, 5.74) is 0.863. The monoisotopic (exact) mass is 187 g/mol. The first-order valence-corrected chi connectivity index (χ1v) is 4.14. The third-order valence-corrected chi connectivity index (χ3v) is 2.04. The third-order valence-electron chi connectivity index (χ3n) is 1.82. The highest BCUT2D eigenvalue weighted by atomic mass is 35.5. The zero-order valence-corrected chi connectivity index (χ0v) is 7.82. The molecule has 1 atom stereocenters. The van der Waals surface area contributed by atoms with E-state index in [0.717, 1.165) is 5.56 Å². The molecule has 0 saturated heterocycles. The van der Waals surface area contributed by atoms with Gasteiger partial charge in [-0.3, -0.25) is 0 Å². The Balaban J connectivity index is 3.00. The van der Waals surface area contributed by atoms with E-state index in [-0.39, 0.29) is 11.9 Å². The Hall–Kier alpha value is -0.600. The molecule has 1 aromatic carbocycles. The fourth-order valence-corrected chi connectivity index (χ4v) is 1.22. The van der Waals surface area contributed by atoms with Gasteiger partial charge in [0, 0.05) is 11.1 Å². The van der Waals surface area contributed by atoms with Crippen LogP contribution >= 0.6 is 11.6 Å². The van der Waals surface area contributed by atoms with Crippen LogP contribution in [0, 0.1) is 5.82 Å². The predicted molar refractivity (Wildman–Crippen MR) is 48.9 cm³/mol. The number of hydrogen-bond acceptors (Lipinski definition) is 1. The molecule has 0 amide bonds. The minimum atomic E-state index is -0.292. The van der Waals surface area contributed by atoms with Crippen LogP contribution in [0.25, 0.3) is 0 Å². The summed E-state index contributed by atoms with van der Waals surface area (Å²) < 4.78 is 12.8. The van der Waals surface area contributed by atoms with Crippen LogP contribution in [0.2, 0.25) is 5.02 Å². The Kier molecular flexibility index (Phi) is 3.06. The molecule has 0 fully saturated rings. The molecule has 3 heteroatoms. The summed E-state index contributed by atoms with van der Waals surface area (Å²) >= 11 is 5.68. The average Bonchev–Trinajstić information content (AvgIpc) is 2.01. The van der Waals surface area contributed by atoms with Crippen molar-refractivity contribution in [2.75, 3.05) is 7.05 Å². The Morgan fingerprint density at radius 1 is 1.42 bits per heavy atom. The van der Waals surface area contributed by atoms with Crippen molar-refractivity contribution >= 4 is 11.6 Å². The van der Waals surface area contributed by atoms with Gasteiger partial charge in [0.15, 0.2) is 0 Å². The van der Waals surface area contributed by atoms with E-state index >= 15 is 0 Å². The molecule has 0 aliphatic carbocycles. The molecule has 1 nitrogen and oxygen atoms in total. The van der Waals surface area contributed by atoms with Gasteiger partial charge in [-0.05, 0) is 37.7 Å². The van der Waals surface area contributed by atoms with Crippen molar-refractivity contribution in [2.45, 2.75) is 13.0 Å². The first kappa shape index (κ1) is 9.49. The van der Waals surface area contributed by atoms with Crippen LogP contribution < -0.4 is 5.32 Å². The molecule has 0 spiro atoms. The fraction of sp³-hybridized carbons (Fsp3) is 0.333. The molecular weight excluding hydrogens is 177 g/mol. The second-order valence-corrected chi connectivity index (χ2v) is 3.15. The van der Waals surface area contributed by atoms with E-state index in [1.54, 1.807) is 6.07 Å². The lowest BCUT2D eigenvalue weighted by Gasteiger charge is -2.10. The van der Waals surface area contributed by atoms with Crippen LogP contribution in [0.15, 0.2) is 18.2 Å². The van der Waals surface area contributed by atoms with E-state index in [2.05, 4.69) is 5.32 Å². The molecule has 0 bridgehead atoms. The van der Waals surface area contributed by atoms with Crippen LogP contribution in [0.3, 0.4) is 0 Å². The smallest absolute Gasteiger partial charge is 0.125 e. The van der Waals surface area contributed by atoms with Crippen molar-refractivity contribution in [3.05, 3.63) is 34.6 Å². The Labute approximate surface area is 76.5 Å². The maximum Gasteiger partial charge on any atom is 0.125 e. The first-order chi connectivity index (χ1) is 5.63. The van der Waals surface area contributed by atoms with Crippen LogP contribution in [-0.4, -0.2) is 7.05 Å². The minimum absolute atomic E-state index is 0.123. The van der Waals surface area contributed by atoms with Crippen LogP contribution in [0.4, 0.5) is 4.39 Å². The molecule has 66 valence electrons. The lowest BCUT2D eigenvalue weighted by atomic mass is 10.1. The first-order valence-electron chi connectivity index (χ1n) is 3.76. The van der Waals surface area contributed by atoms with Gasteiger partial charge in [0.05, 0.1) is 0 Å². The maximum absolute atomic E-state index is 12.8. The number of nitrogens with one attached hydrogen (secondary N) is 1. The van der Waals surface area contributed by atoms with Crippen LogP contribution in [0.1, 0.15) is 18.5 Å². The molecular formula is C9H11ClFN. The van der Waals surface area contributed by atoms with E-state index in [4.69, 9.17) is 11.6 Å². The molecule has 0 aromatic heterocycles. The predicted octanol–water partition coefficient (Wildman–Crippen LogP) is 2.76. The van der Waals surface area contributed by atoms with E-state index < -0.39 is 0 Å². The standard InChI is InChI=1S/C9H11ClFN/c1-6(12-2)7-3-8(10)5-9(11)4-7/h3-6,12H,1-2H3/t6-/m0/s1. The van der Waals surface area contributed by atoms with Crippen molar-refractivity contribution < 1.29 is 4.39 Å². The molecule has 0 aliphatic rings. The SMILES string of the molecule is CN[C@@H](C)c1cc(F)cc(Cl)c1. The molecule has 1 aromatic rings. The third kappa shape index (κ3) is 2.19. The quantitative estimate of drug-likeness (QED) is 0.751. The van der Waals surface area contributed by atoms with Gasteiger partial charge >= 0.3 is 0 Å². The summed E-state index contributed by atoms with van der Waals surface area (Å²) in [7, 11) is 1.82. The van der Waals surface area contributed by atoms with Gasteiger partial charge < -0.3 is 5.32 Å². The molecule has 0 unspecified atom stereocenters. The summed E-state index contributed by atoms with van der Waals surface area (Å²) in [4.78, 5) is 0. The Bertz CT molecular complexity index is 255. The Morgan fingerprint density at radius 3 is 2.58 bits per heavy atom. The van der Waals surface area contributed by atoms with Crippen molar-refractivity contribution in [3.63, 3.8) is 0 Å². The molecule has 0 saturated carbocycles. The number of halogens is 2. The van der Waals surface area contributed by atoms with Crippen molar-refractivity contribution in [2.24, 2.45) is 0 Å². The second-order valence-electron chi connectivity index (χ2n) is 2.71. The molecule has 12 heavy (non-hydrogen) atoms. The summed E-state index contributed by atoms with van der Waals surface area (Å²) in [6.07, 6.45) is 0. The van der Waals surface area contributed by atoms with E-state index in [1.165, 1.54) is 12.1 Å². The second kappa shape index (κ2) is 3.87. The minimum Gasteiger partial charge on any atom is -0.313 e. The lowest BCUT2D eigenvalue weighted by Crippen LogP contribution is -2.12. The molecule has 0 radical (unpaired) electrons. The number of hydrogen-bond donors (Lipinski definition) is 1. The summed E-state index contributed by atoms with van der Waals surface area (Å²) in [6, 6.07) is 4.66. The molecule has 1 N–H and O–H groups in total. The van der Waals surface area contributed by atoms with Gasteiger partial charge in [-0.15, -0.1) is 0 Å². The van der Waals surface area contributed by atoms with Gasteiger partial charge in [-0.1, -0.05) is 11.6 Å². The van der Waals surface area contributed by atoms with E-state index in [9.17, 15) is 4.39 Å². The highest BCUT2D eigenvalue weighted by Gasteiger charge is 2.04. The molecule has 0 heterocycles. The highest BCUT2D eigenvalue weighted by molar-refractivity contribution is 6.30. The topological polar surface area (TPSA) is 12.0 Å². The lowest BCUT2D eigenvalue weighted by molar-refractivity contribution is 0.608. The summed E-state index contributed by atoms with van der Waals surface area (Å²) in [6.45, 7) is 1.95. The van der Waals surface area contributed by atoms with E-state index in [1.807, 2.05) is 14.0 Å². The average molecular weight is 188 g/mol. The number of rotatable bonds is 2. The summed E-state index contributed by atoms with van der Waals surface area (Å²) in [5, 5.41) is 3.45. The molecule has 1 rings (SSSR count). The van der Waals surface area contributed by atoms with Gasteiger partial charge in [-0.25, -0.2) is 4.39 Å². The van der Waals surface area contributed by atoms with Crippen LogP contribution in [-0.2, 0) is 0 Å². The molecule has 0 aliphatic heterocycles. The van der Waals surface area contributed by atoms with Gasteiger partial charge in [0.2, 0.25) is 0 Å². The Morgan fingerprint density at radius 2 is 2.08 bits per heavy atom. The highest BCUT2D eigenvalue weighted by Crippen LogP contribution is 2.19. The zero-order valence-electron chi connectivity index (χ0n) is 7.07. The van der Waals surface area contributed by atoms with E-state index in [0.29, 0.717) is 5.02 Å². The maximum atomic E-state index is 12.8. The van der Waals surface area contributed by atoms with Gasteiger partial charge in [0.25, 0.3) is 0 Å². The fourth-order valence-electron chi connectivity index (χ4n) is 0.992.